The summed E-state index contributed by atoms with van der Waals surface area (Å²) in [7, 11) is 0. The normalized spacial score (nSPS) is 14.1. The SMILES string of the molecule is CCCCC(=O)NC(C)C(O)c1ccccc1. The molecule has 0 aromatic heterocycles. The van der Waals surface area contributed by atoms with Crippen LogP contribution in [0.3, 0.4) is 0 Å². The number of unbranched alkanes of at least 4 members (excludes halogenated alkanes) is 1. The quantitative estimate of drug-likeness (QED) is 0.795. The van der Waals surface area contributed by atoms with Crippen LogP contribution in [-0.4, -0.2) is 17.1 Å². The zero-order chi connectivity index (χ0) is 12.7. The minimum Gasteiger partial charge on any atom is -0.386 e. The van der Waals surface area contributed by atoms with Crippen LogP contribution in [-0.2, 0) is 4.79 Å². The van der Waals surface area contributed by atoms with Gasteiger partial charge in [0.05, 0.1) is 12.1 Å². The van der Waals surface area contributed by atoms with Crippen molar-refractivity contribution in [2.45, 2.75) is 45.3 Å². The summed E-state index contributed by atoms with van der Waals surface area (Å²) in [6, 6.07) is 9.12. The van der Waals surface area contributed by atoms with Crippen LogP contribution in [0.2, 0.25) is 0 Å². The Balaban J connectivity index is 2.47. The van der Waals surface area contributed by atoms with Crippen molar-refractivity contribution in [1.29, 1.82) is 0 Å². The molecule has 0 radical (unpaired) electrons. The first-order valence-electron chi connectivity index (χ1n) is 6.17. The standard InChI is InChI=1S/C14H21NO2/c1-3-4-10-13(16)15-11(2)14(17)12-8-6-5-7-9-12/h5-9,11,14,17H,3-4,10H2,1-2H3,(H,15,16). The average molecular weight is 235 g/mol. The number of carbonyl (C=O) groups excluding carboxylic acids is 1. The van der Waals surface area contributed by atoms with Gasteiger partial charge in [-0.15, -0.1) is 0 Å². The van der Waals surface area contributed by atoms with Gasteiger partial charge in [0.15, 0.2) is 0 Å². The van der Waals surface area contributed by atoms with Crippen LogP contribution in [0, 0.1) is 0 Å². The lowest BCUT2D eigenvalue weighted by Gasteiger charge is -2.20. The van der Waals surface area contributed by atoms with Crippen molar-refractivity contribution in [1.82, 2.24) is 5.32 Å². The van der Waals surface area contributed by atoms with Crippen molar-refractivity contribution in [2.75, 3.05) is 0 Å². The van der Waals surface area contributed by atoms with Gasteiger partial charge in [-0.05, 0) is 18.9 Å². The number of hydrogen-bond acceptors (Lipinski definition) is 2. The molecule has 0 saturated heterocycles. The Labute approximate surface area is 103 Å². The van der Waals surface area contributed by atoms with Gasteiger partial charge in [0.25, 0.3) is 0 Å². The first-order valence-corrected chi connectivity index (χ1v) is 6.17. The second kappa shape index (κ2) is 7.07. The van der Waals surface area contributed by atoms with Crippen LogP contribution in [0.25, 0.3) is 0 Å². The lowest BCUT2D eigenvalue weighted by atomic mass is 10.0. The zero-order valence-electron chi connectivity index (χ0n) is 10.5. The van der Waals surface area contributed by atoms with Crippen LogP contribution in [0.1, 0.15) is 44.8 Å². The van der Waals surface area contributed by atoms with Gasteiger partial charge in [0, 0.05) is 6.42 Å². The maximum absolute atomic E-state index is 11.5. The molecule has 0 aliphatic rings. The van der Waals surface area contributed by atoms with Crippen LogP contribution in [0.4, 0.5) is 0 Å². The van der Waals surface area contributed by atoms with Crippen molar-refractivity contribution >= 4 is 5.91 Å². The van der Waals surface area contributed by atoms with Gasteiger partial charge < -0.3 is 10.4 Å². The molecule has 17 heavy (non-hydrogen) atoms. The molecular formula is C14H21NO2. The Morgan fingerprint density at radius 2 is 2.00 bits per heavy atom. The first-order chi connectivity index (χ1) is 8.15. The third-order valence-electron chi connectivity index (χ3n) is 2.76. The first kappa shape index (κ1) is 13.7. The summed E-state index contributed by atoms with van der Waals surface area (Å²) in [5.74, 6) is 0.00864. The summed E-state index contributed by atoms with van der Waals surface area (Å²) < 4.78 is 0. The fourth-order valence-electron chi connectivity index (χ4n) is 1.68. The van der Waals surface area contributed by atoms with Crippen molar-refractivity contribution in [3.8, 4) is 0 Å². The van der Waals surface area contributed by atoms with Gasteiger partial charge in [-0.2, -0.15) is 0 Å². The molecule has 0 aliphatic carbocycles. The second-order valence-corrected chi connectivity index (χ2v) is 4.32. The highest BCUT2D eigenvalue weighted by molar-refractivity contribution is 5.76. The minimum absolute atomic E-state index is 0.00864. The molecule has 1 amide bonds. The monoisotopic (exact) mass is 235 g/mol. The fourth-order valence-corrected chi connectivity index (χ4v) is 1.68. The van der Waals surface area contributed by atoms with Crippen LogP contribution in [0.5, 0.6) is 0 Å². The number of rotatable bonds is 6. The summed E-state index contributed by atoms with van der Waals surface area (Å²) in [6.45, 7) is 3.87. The van der Waals surface area contributed by atoms with Gasteiger partial charge in [0.2, 0.25) is 5.91 Å². The Kier molecular flexibility index (Phi) is 5.70. The zero-order valence-corrected chi connectivity index (χ0v) is 10.5. The molecule has 0 fully saturated rings. The average Bonchev–Trinajstić information content (AvgIpc) is 2.36. The highest BCUT2D eigenvalue weighted by Gasteiger charge is 2.17. The number of nitrogens with one attached hydrogen (secondary N) is 1. The molecule has 3 heteroatoms. The van der Waals surface area contributed by atoms with E-state index in [1.165, 1.54) is 0 Å². The number of hydrogen-bond donors (Lipinski definition) is 2. The number of aliphatic hydroxyl groups excluding tert-OH is 1. The third-order valence-corrected chi connectivity index (χ3v) is 2.76. The molecule has 0 heterocycles. The van der Waals surface area contributed by atoms with Crippen molar-refractivity contribution in [3.05, 3.63) is 35.9 Å². The second-order valence-electron chi connectivity index (χ2n) is 4.32. The number of aliphatic hydroxyl groups is 1. The summed E-state index contributed by atoms with van der Waals surface area (Å²) in [4.78, 5) is 11.5. The van der Waals surface area contributed by atoms with E-state index in [-0.39, 0.29) is 11.9 Å². The van der Waals surface area contributed by atoms with Gasteiger partial charge in [-0.25, -0.2) is 0 Å². The lowest BCUT2D eigenvalue weighted by Crippen LogP contribution is -2.36. The number of carbonyl (C=O) groups is 1. The van der Waals surface area contributed by atoms with Crippen molar-refractivity contribution in [2.24, 2.45) is 0 Å². The molecular weight excluding hydrogens is 214 g/mol. The van der Waals surface area contributed by atoms with E-state index in [0.717, 1.165) is 18.4 Å². The van der Waals surface area contributed by atoms with E-state index in [2.05, 4.69) is 12.2 Å². The van der Waals surface area contributed by atoms with Gasteiger partial charge >= 0.3 is 0 Å². The molecule has 2 unspecified atom stereocenters. The Bertz CT molecular complexity index is 337. The predicted molar refractivity (Wildman–Crippen MR) is 68.5 cm³/mol. The fraction of sp³-hybridized carbons (Fsp3) is 0.500. The third kappa shape index (κ3) is 4.57. The molecule has 0 spiro atoms. The molecule has 2 atom stereocenters. The summed E-state index contributed by atoms with van der Waals surface area (Å²) in [5.41, 5.74) is 0.829. The molecule has 0 saturated carbocycles. The Hall–Kier alpha value is -1.35. The van der Waals surface area contributed by atoms with Crippen LogP contribution < -0.4 is 5.32 Å². The molecule has 2 N–H and O–H groups in total. The highest BCUT2D eigenvalue weighted by atomic mass is 16.3. The van der Waals surface area contributed by atoms with Gasteiger partial charge in [0.1, 0.15) is 0 Å². The highest BCUT2D eigenvalue weighted by Crippen LogP contribution is 2.16. The summed E-state index contributed by atoms with van der Waals surface area (Å²) in [6.07, 6.45) is 1.77. The van der Waals surface area contributed by atoms with Crippen molar-refractivity contribution in [3.63, 3.8) is 0 Å². The van der Waals surface area contributed by atoms with E-state index in [4.69, 9.17) is 0 Å². The Morgan fingerprint density at radius 3 is 2.59 bits per heavy atom. The van der Waals surface area contributed by atoms with E-state index in [1.807, 2.05) is 37.3 Å². The molecule has 1 aromatic rings. The summed E-state index contributed by atoms with van der Waals surface area (Å²) in [5, 5.41) is 12.9. The number of benzene rings is 1. The summed E-state index contributed by atoms with van der Waals surface area (Å²) >= 11 is 0. The molecule has 1 aromatic carbocycles. The minimum atomic E-state index is -0.651. The lowest BCUT2D eigenvalue weighted by molar-refractivity contribution is -0.122. The maximum atomic E-state index is 11.5. The van der Waals surface area contributed by atoms with Gasteiger partial charge in [-0.1, -0.05) is 43.7 Å². The predicted octanol–water partition coefficient (Wildman–Crippen LogP) is 2.41. The molecule has 0 bridgehead atoms. The largest absolute Gasteiger partial charge is 0.386 e. The van der Waals surface area contributed by atoms with E-state index >= 15 is 0 Å². The number of amides is 1. The molecule has 0 aliphatic heterocycles. The molecule has 94 valence electrons. The van der Waals surface area contributed by atoms with Crippen LogP contribution in [0.15, 0.2) is 30.3 Å². The Morgan fingerprint density at radius 1 is 1.35 bits per heavy atom. The topological polar surface area (TPSA) is 49.3 Å². The van der Waals surface area contributed by atoms with E-state index < -0.39 is 6.10 Å². The van der Waals surface area contributed by atoms with Crippen LogP contribution >= 0.6 is 0 Å². The smallest absolute Gasteiger partial charge is 0.220 e. The molecule has 1 rings (SSSR count). The van der Waals surface area contributed by atoms with E-state index in [0.29, 0.717) is 6.42 Å². The van der Waals surface area contributed by atoms with E-state index in [1.54, 1.807) is 0 Å². The van der Waals surface area contributed by atoms with E-state index in [9.17, 15) is 9.90 Å². The van der Waals surface area contributed by atoms with Crippen molar-refractivity contribution < 1.29 is 9.90 Å². The maximum Gasteiger partial charge on any atom is 0.220 e. The molecule has 3 nitrogen and oxygen atoms in total. The van der Waals surface area contributed by atoms with Gasteiger partial charge in [-0.3, -0.25) is 4.79 Å².